The van der Waals surface area contributed by atoms with Crippen molar-refractivity contribution in [3.63, 3.8) is 0 Å². The first-order valence-electron chi connectivity index (χ1n) is 11.8. The molecular weight excluding hydrogens is 452 g/mol. The number of rotatable bonds is 6. The van der Waals surface area contributed by atoms with E-state index in [9.17, 15) is 0 Å². The van der Waals surface area contributed by atoms with Gasteiger partial charge < -0.3 is 19.5 Å². The van der Waals surface area contributed by atoms with Gasteiger partial charge in [-0.2, -0.15) is 0 Å². The zero-order valence-electron chi connectivity index (χ0n) is 20.5. The molecule has 0 saturated carbocycles. The van der Waals surface area contributed by atoms with E-state index < -0.39 is 0 Å². The SMILES string of the molecule is COc1ccc(CN2C(=S)N[C@@H](c3ccccn3)[C@H]2c2cc(C)n(-c3cccc(C)c3)c2C)cc1. The highest BCUT2D eigenvalue weighted by atomic mass is 32.1. The fourth-order valence-corrected chi connectivity index (χ4v) is 5.40. The van der Waals surface area contributed by atoms with E-state index in [0.29, 0.717) is 6.54 Å². The lowest BCUT2D eigenvalue weighted by Gasteiger charge is -2.28. The highest BCUT2D eigenvalue weighted by molar-refractivity contribution is 7.80. The van der Waals surface area contributed by atoms with Gasteiger partial charge in [-0.05, 0) is 92.1 Å². The third kappa shape index (κ3) is 4.42. The van der Waals surface area contributed by atoms with Gasteiger partial charge in [-0.3, -0.25) is 4.98 Å². The Morgan fingerprint density at radius 3 is 2.46 bits per heavy atom. The van der Waals surface area contributed by atoms with Crippen LogP contribution in [-0.4, -0.2) is 26.7 Å². The molecule has 1 saturated heterocycles. The van der Waals surface area contributed by atoms with E-state index in [0.717, 1.165) is 16.6 Å². The zero-order valence-corrected chi connectivity index (χ0v) is 21.3. The Morgan fingerprint density at radius 1 is 0.971 bits per heavy atom. The average molecular weight is 483 g/mol. The summed E-state index contributed by atoms with van der Waals surface area (Å²) in [6.45, 7) is 7.19. The van der Waals surface area contributed by atoms with Gasteiger partial charge in [-0.1, -0.05) is 30.3 Å². The molecule has 1 aliphatic rings. The maximum absolute atomic E-state index is 5.89. The van der Waals surface area contributed by atoms with Crippen molar-refractivity contribution in [1.29, 1.82) is 0 Å². The molecule has 5 nitrogen and oxygen atoms in total. The van der Waals surface area contributed by atoms with Crippen LogP contribution in [0.15, 0.2) is 79.0 Å². The number of hydrogen-bond donors (Lipinski definition) is 1. The molecule has 2 atom stereocenters. The predicted molar refractivity (Wildman–Crippen MR) is 144 cm³/mol. The molecule has 3 heterocycles. The summed E-state index contributed by atoms with van der Waals surface area (Å²) in [6.07, 6.45) is 1.85. The van der Waals surface area contributed by atoms with E-state index in [-0.39, 0.29) is 12.1 Å². The van der Waals surface area contributed by atoms with E-state index in [1.54, 1.807) is 7.11 Å². The third-order valence-corrected chi connectivity index (χ3v) is 7.11. The van der Waals surface area contributed by atoms with Crippen molar-refractivity contribution in [2.45, 2.75) is 39.4 Å². The van der Waals surface area contributed by atoms with Crippen molar-refractivity contribution in [2.24, 2.45) is 0 Å². The number of hydrogen-bond acceptors (Lipinski definition) is 3. The smallest absolute Gasteiger partial charge is 0.170 e. The molecule has 4 aromatic rings. The minimum atomic E-state index is -0.0478. The van der Waals surface area contributed by atoms with Crippen LogP contribution < -0.4 is 10.1 Å². The Kier molecular flexibility index (Phi) is 6.31. The summed E-state index contributed by atoms with van der Waals surface area (Å²) in [6, 6.07) is 25.1. The first-order chi connectivity index (χ1) is 17.0. The molecule has 5 rings (SSSR count). The molecule has 1 fully saturated rings. The fourth-order valence-electron chi connectivity index (χ4n) is 5.09. The monoisotopic (exact) mass is 482 g/mol. The van der Waals surface area contributed by atoms with E-state index in [4.69, 9.17) is 21.9 Å². The van der Waals surface area contributed by atoms with Crippen LogP contribution in [0.1, 0.15) is 45.9 Å². The lowest BCUT2D eigenvalue weighted by atomic mass is 9.96. The number of thiocarbonyl (C=S) groups is 1. The van der Waals surface area contributed by atoms with Crippen LogP contribution in [-0.2, 0) is 6.54 Å². The van der Waals surface area contributed by atoms with Gasteiger partial charge in [0.05, 0.1) is 24.9 Å². The summed E-state index contributed by atoms with van der Waals surface area (Å²) in [5.74, 6) is 0.848. The molecule has 0 amide bonds. The molecule has 0 bridgehead atoms. The van der Waals surface area contributed by atoms with E-state index in [2.05, 4.69) is 84.1 Å². The van der Waals surface area contributed by atoms with Gasteiger partial charge in [0.15, 0.2) is 5.11 Å². The highest BCUT2D eigenvalue weighted by Crippen LogP contribution is 2.42. The Morgan fingerprint density at radius 2 is 1.77 bits per heavy atom. The molecule has 2 aromatic carbocycles. The Labute approximate surface area is 212 Å². The fraction of sp³-hybridized carbons (Fsp3) is 0.241. The van der Waals surface area contributed by atoms with Crippen molar-refractivity contribution in [1.82, 2.24) is 19.8 Å². The predicted octanol–water partition coefficient (Wildman–Crippen LogP) is 5.98. The molecule has 0 radical (unpaired) electrons. The summed E-state index contributed by atoms with van der Waals surface area (Å²) >= 11 is 5.89. The number of ether oxygens (including phenoxy) is 1. The van der Waals surface area contributed by atoms with Crippen LogP contribution in [0.25, 0.3) is 5.69 Å². The number of aryl methyl sites for hydroxylation is 2. The van der Waals surface area contributed by atoms with Crippen LogP contribution in [0.5, 0.6) is 5.75 Å². The summed E-state index contributed by atoms with van der Waals surface area (Å²) in [7, 11) is 1.69. The van der Waals surface area contributed by atoms with Crippen molar-refractivity contribution >= 4 is 17.3 Å². The van der Waals surface area contributed by atoms with Crippen LogP contribution in [0.3, 0.4) is 0 Å². The second-order valence-electron chi connectivity index (χ2n) is 9.10. The molecule has 1 N–H and O–H groups in total. The number of pyridine rings is 1. The molecule has 0 aliphatic carbocycles. The number of nitrogens with one attached hydrogen (secondary N) is 1. The standard InChI is InChI=1S/C29H30N4OS/c1-19-8-7-9-23(16-19)33-20(2)17-25(21(33)3)28-27(26-10-5-6-15-30-26)31-29(35)32(28)18-22-11-13-24(34-4)14-12-22/h5-17,27-28H,18H2,1-4H3,(H,31,35)/t27-,28+/m0/s1. The Bertz CT molecular complexity index is 1350. The van der Waals surface area contributed by atoms with Gasteiger partial charge in [-0.15, -0.1) is 0 Å². The summed E-state index contributed by atoms with van der Waals surface area (Å²) in [4.78, 5) is 6.98. The van der Waals surface area contributed by atoms with E-state index in [1.807, 2.05) is 30.5 Å². The average Bonchev–Trinajstić information content (AvgIpc) is 3.34. The van der Waals surface area contributed by atoms with Crippen LogP contribution >= 0.6 is 12.2 Å². The van der Waals surface area contributed by atoms with E-state index in [1.165, 1.54) is 33.8 Å². The maximum Gasteiger partial charge on any atom is 0.170 e. The van der Waals surface area contributed by atoms with E-state index >= 15 is 0 Å². The lowest BCUT2D eigenvalue weighted by molar-refractivity contribution is 0.310. The summed E-state index contributed by atoms with van der Waals surface area (Å²) in [5, 5.41) is 4.32. The number of aromatic nitrogens is 2. The Hall–Kier alpha value is -3.64. The normalized spacial score (nSPS) is 17.5. The van der Waals surface area contributed by atoms with Gasteiger partial charge in [0.2, 0.25) is 0 Å². The first kappa shape index (κ1) is 23.1. The van der Waals surface area contributed by atoms with Gasteiger partial charge in [0.25, 0.3) is 0 Å². The molecule has 0 spiro atoms. The van der Waals surface area contributed by atoms with Crippen LogP contribution in [0.2, 0.25) is 0 Å². The van der Waals surface area contributed by atoms with Crippen LogP contribution in [0.4, 0.5) is 0 Å². The van der Waals surface area contributed by atoms with Crippen molar-refractivity contribution < 1.29 is 4.74 Å². The quantitative estimate of drug-likeness (QED) is 0.343. The minimum Gasteiger partial charge on any atom is -0.497 e. The van der Waals surface area contributed by atoms with Gasteiger partial charge in [0, 0.05) is 29.8 Å². The molecule has 0 unspecified atom stereocenters. The summed E-state index contributed by atoms with van der Waals surface area (Å²) in [5.41, 5.74) is 8.24. The van der Waals surface area contributed by atoms with Gasteiger partial charge >= 0.3 is 0 Å². The molecule has 35 heavy (non-hydrogen) atoms. The highest BCUT2D eigenvalue weighted by Gasteiger charge is 2.41. The largest absolute Gasteiger partial charge is 0.497 e. The number of methoxy groups -OCH3 is 1. The minimum absolute atomic E-state index is 0.00395. The third-order valence-electron chi connectivity index (χ3n) is 6.76. The van der Waals surface area contributed by atoms with Crippen LogP contribution in [0, 0.1) is 20.8 Å². The van der Waals surface area contributed by atoms with Crippen molar-refractivity contribution in [2.75, 3.05) is 7.11 Å². The summed E-state index contributed by atoms with van der Waals surface area (Å²) < 4.78 is 7.68. The second kappa shape index (κ2) is 9.55. The van der Waals surface area contributed by atoms with Gasteiger partial charge in [0.1, 0.15) is 5.75 Å². The topological polar surface area (TPSA) is 42.3 Å². The van der Waals surface area contributed by atoms with Crippen molar-refractivity contribution in [3.05, 3.63) is 113 Å². The Balaban J connectivity index is 1.60. The number of nitrogens with zero attached hydrogens (tertiary/aromatic N) is 3. The second-order valence-corrected chi connectivity index (χ2v) is 9.49. The zero-order chi connectivity index (χ0) is 24.5. The molecule has 1 aliphatic heterocycles. The maximum atomic E-state index is 5.89. The van der Waals surface area contributed by atoms with Crippen molar-refractivity contribution in [3.8, 4) is 11.4 Å². The van der Waals surface area contributed by atoms with Gasteiger partial charge in [-0.25, -0.2) is 0 Å². The molecular formula is C29H30N4OS. The molecule has 6 heteroatoms. The first-order valence-corrected chi connectivity index (χ1v) is 12.2. The lowest BCUT2D eigenvalue weighted by Crippen LogP contribution is -2.29. The number of benzene rings is 2. The molecule has 2 aromatic heterocycles. The molecule has 178 valence electrons.